The number of benzene rings is 1. The molecule has 19 heavy (non-hydrogen) atoms. The van der Waals surface area contributed by atoms with Crippen molar-refractivity contribution in [2.75, 3.05) is 21.3 Å². The normalized spacial score (nSPS) is 18.1. The number of hydrogen-bond donors (Lipinski definition) is 1. The van der Waals surface area contributed by atoms with Gasteiger partial charge in [0.05, 0.1) is 21.3 Å². The third kappa shape index (κ3) is 2.92. The number of ether oxygens (including phenoxy) is 3. The van der Waals surface area contributed by atoms with Crippen LogP contribution in [0.25, 0.3) is 0 Å². The van der Waals surface area contributed by atoms with Gasteiger partial charge in [-0.15, -0.1) is 0 Å². The number of carbonyl (C=O) groups excluding carboxylic acids is 1. The molecule has 2 rings (SSSR count). The van der Waals surface area contributed by atoms with E-state index in [0.717, 1.165) is 23.5 Å². The molecule has 1 N–H and O–H groups in total. The quantitative estimate of drug-likeness (QED) is 0.877. The minimum absolute atomic E-state index is 0.108. The lowest BCUT2D eigenvalue weighted by molar-refractivity contribution is -0.119. The van der Waals surface area contributed by atoms with Crippen LogP contribution in [-0.2, 0) is 11.2 Å². The maximum atomic E-state index is 11.3. The molecule has 1 heterocycles. The van der Waals surface area contributed by atoms with Crippen LogP contribution in [0, 0.1) is 0 Å². The highest BCUT2D eigenvalue weighted by Crippen LogP contribution is 2.35. The van der Waals surface area contributed by atoms with Crippen molar-refractivity contribution in [2.45, 2.75) is 25.3 Å². The summed E-state index contributed by atoms with van der Waals surface area (Å²) in [5.41, 5.74) is 0.956. The van der Waals surface area contributed by atoms with E-state index in [1.165, 1.54) is 0 Å². The molecule has 0 aliphatic carbocycles. The van der Waals surface area contributed by atoms with Crippen molar-refractivity contribution in [3.8, 4) is 17.2 Å². The lowest BCUT2D eigenvalue weighted by Gasteiger charge is -2.17. The van der Waals surface area contributed by atoms with E-state index in [1.54, 1.807) is 21.3 Å². The topological polar surface area (TPSA) is 56.8 Å². The summed E-state index contributed by atoms with van der Waals surface area (Å²) in [6.07, 6.45) is 2.13. The summed E-state index contributed by atoms with van der Waals surface area (Å²) >= 11 is 0. The molecule has 0 radical (unpaired) electrons. The first-order valence-electron chi connectivity index (χ1n) is 6.26. The Bertz CT molecular complexity index is 448. The van der Waals surface area contributed by atoms with Gasteiger partial charge < -0.3 is 19.5 Å². The van der Waals surface area contributed by atoms with Crippen LogP contribution in [0.4, 0.5) is 0 Å². The van der Waals surface area contributed by atoms with Gasteiger partial charge in [0.1, 0.15) is 17.2 Å². The Hall–Kier alpha value is -1.91. The molecule has 1 aromatic carbocycles. The van der Waals surface area contributed by atoms with Gasteiger partial charge >= 0.3 is 0 Å². The fraction of sp³-hybridized carbons (Fsp3) is 0.500. The number of hydrogen-bond acceptors (Lipinski definition) is 4. The third-order valence-electron chi connectivity index (χ3n) is 3.35. The van der Waals surface area contributed by atoms with E-state index in [-0.39, 0.29) is 11.9 Å². The molecule has 1 unspecified atom stereocenters. The van der Waals surface area contributed by atoms with Crippen LogP contribution in [0.3, 0.4) is 0 Å². The van der Waals surface area contributed by atoms with Crippen molar-refractivity contribution >= 4 is 5.91 Å². The first-order chi connectivity index (χ1) is 9.17. The molecule has 0 bridgehead atoms. The Morgan fingerprint density at radius 1 is 1.16 bits per heavy atom. The van der Waals surface area contributed by atoms with E-state index in [0.29, 0.717) is 18.6 Å². The molecule has 1 aromatic rings. The minimum Gasteiger partial charge on any atom is -0.496 e. The molecule has 1 atom stereocenters. The van der Waals surface area contributed by atoms with E-state index in [9.17, 15) is 4.79 Å². The molecule has 1 saturated heterocycles. The molecule has 1 fully saturated rings. The summed E-state index contributed by atoms with van der Waals surface area (Å²) in [5.74, 6) is 2.24. The second kappa shape index (κ2) is 5.82. The number of methoxy groups -OCH3 is 3. The summed E-state index contributed by atoms with van der Waals surface area (Å²) in [4.78, 5) is 11.3. The van der Waals surface area contributed by atoms with Gasteiger partial charge in [-0.3, -0.25) is 4.79 Å². The molecule has 5 nitrogen and oxygen atoms in total. The predicted molar refractivity (Wildman–Crippen MR) is 71.0 cm³/mol. The van der Waals surface area contributed by atoms with E-state index < -0.39 is 0 Å². The second-order valence-corrected chi connectivity index (χ2v) is 4.52. The fourth-order valence-corrected chi connectivity index (χ4v) is 2.36. The number of nitrogens with one attached hydrogen (secondary N) is 1. The predicted octanol–water partition coefficient (Wildman–Crippen LogP) is 1.53. The summed E-state index contributed by atoms with van der Waals surface area (Å²) in [5, 5.41) is 2.95. The maximum absolute atomic E-state index is 11.3. The third-order valence-corrected chi connectivity index (χ3v) is 3.35. The zero-order chi connectivity index (χ0) is 13.8. The van der Waals surface area contributed by atoms with E-state index in [1.807, 2.05) is 12.1 Å². The molecule has 1 amide bonds. The number of rotatable bonds is 5. The first kappa shape index (κ1) is 13.5. The van der Waals surface area contributed by atoms with Gasteiger partial charge in [0.15, 0.2) is 0 Å². The van der Waals surface area contributed by atoms with E-state index in [2.05, 4.69) is 5.32 Å². The molecule has 0 aromatic heterocycles. The largest absolute Gasteiger partial charge is 0.496 e. The van der Waals surface area contributed by atoms with Crippen LogP contribution < -0.4 is 19.5 Å². The van der Waals surface area contributed by atoms with Crippen molar-refractivity contribution in [1.29, 1.82) is 0 Å². The van der Waals surface area contributed by atoms with Crippen LogP contribution >= 0.6 is 0 Å². The molecule has 104 valence electrons. The van der Waals surface area contributed by atoms with Gasteiger partial charge in [-0.2, -0.15) is 0 Å². The molecule has 5 heteroatoms. The smallest absolute Gasteiger partial charge is 0.220 e. The van der Waals surface area contributed by atoms with Crippen molar-refractivity contribution in [3.05, 3.63) is 17.7 Å². The SMILES string of the molecule is COc1cc(OC)c(CC2CCC(=O)N2)c(OC)c1. The Balaban J connectivity index is 2.28. The fourth-order valence-electron chi connectivity index (χ4n) is 2.36. The molecule has 0 saturated carbocycles. The summed E-state index contributed by atoms with van der Waals surface area (Å²) in [7, 11) is 4.83. The Kier molecular flexibility index (Phi) is 4.14. The highest BCUT2D eigenvalue weighted by atomic mass is 16.5. The van der Waals surface area contributed by atoms with Crippen molar-refractivity contribution in [1.82, 2.24) is 5.32 Å². The van der Waals surface area contributed by atoms with Crippen LogP contribution in [0.15, 0.2) is 12.1 Å². The van der Waals surface area contributed by atoms with Gasteiger partial charge in [0.25, 0.3) is 0 Å². The van der Waals surface area contributed by atoms with Crippen LogP contribution in [0.2, 0.25) is 0 Å². The van der Waals surface area contributed by atoms with Gasteiger partial charge in [-0.1, -0.05) is 0 Å². The lowest BCUT2D eigenvalue weighted by Crippen LogP contribution is -2.27. The van der Waals surface area contributed by atoms with Crippen molar-refractivity contribution in [2.24, 2.45) is 0 Å². The Labute approximate surface area is 112 Å². The van der Waals surface area contributed by atoms with E-state index >= 15 is 0 Å². The Morgan fingerprint density at radius 3 is 2.21 bits per heavy atom. The van der Waals surface area contributed by atoms with Gasteiger partial charge in [0.2, 0.25) is 5.91 Å². The summed E-state index contributed by atoms with van der Waals surface area (Å²) < 4.78 is 16.0. The van der Waals surface area contributed by atoms with Crippen molar-refractivity contribution in [3.63, 3.8) is 0 Å². The maximum Gasteiger partial charge on any atom is 0.220 e. The summed E-state index contributed by atoms with van der Waals surface area (Å²) in [6, 6.07) is 3.80. The highest BCUT2D eigenvalue weighted by molar-refractivity contribution is 5.78. The molecule has 1 aliphatic heterocycles. The van der Waals surface area contributed by atoms with Gasteiger partial charge in [-0.25, -0.2) is 0 Å². The molecule has 0 spiro atoms. The standard InChI is InChI=1S/C14H19NO4/c1-17-10-7-12(18-2)11(13(8-10)19-3)6-9-4-5-14(16)15-9/h7-9H,4-6H2,1-3H3,(H,15,16). The van der Waals surface area contributed by atoms with E-state index in [4.69, 9.17) is 14.2 Å². The van der Waals surface area contributed by atoms with Gasteiger partial charge in [-0.05, 0) is 12.8 Å². The van der Waals surface area contributed by atoms with Crippen LogP contribution in [0.1, 0.15) is 18.4 Å². The highest BCUT2D eigenvalue weighted by Gasteiger charge is 2.24. The van der Waals surface area contributed by atoms with Crippen LogP contribution in [-0.4, -0.2) is 33.3 Å². The number of amides is 1. The monoisotopic (exact) mass is 265 g/mol. The zero-order valence-corrected chi connectivity index (χ0v) is 11.5. The molecular formula is C14H19NO4. The molecule has 1 aliphatic rings. The van der Waals surface area contributed by atoms with Crippen molar-refractivity contribution < 1.29 is 19.0 Å². The Morgan fingerprint density at radius 2 is 1.79 bits per heavy atom. The van der Waals surface area contributed by atoms with Crippen LogP contribution in [0.5, 0.6) is 17.2 Å². The summed E-state index contributed by atoms with van der Waals surface area (Å²) in [6.45, 7) is 0. The zero-order valence-electron chi connectivity index (χ0n) is 11.5. The van der Waals surface area contributed by atoms with Gasteiger partial charge in [0, 0.05) is 30.2 Å². The first-order valence-corrected chi connectivity index (χ1v) is 6.26. The minimum atomic E-state index is 0.108. The number of carbonyl (C=O) groups is 1. The average Bonchev–Trinajstić information content (AvgIpc) is 2.84. The molecular weight excluding hydrogens is 246 g/mol. The lowest BCUT2D eigenvalue weighted by atomic mass is 10.0. The average molecular weight is 265 g/mol. The second-order valence-electron chi connectivity index (χ2n) is 4.52.